The Labute approximate surface area is 99.3 Å². The molecule has 2 aromatic rings. The monoisotopic (exact) mass is 225 g/mol. The summed E-state index contributed by atoms with van der Waals surface area (Å²) in [6, 6.07) is 10.3. The first kappa shape index (κ1) is 11.0. The Morgan fingerprint density at radius 3 is 2.35 bits per heavy atom. The fourth-order valence-electron chi connectivity index (χ4n) is 1.21. The molecule has 0 radical (unpaired) electrons. The molecular formula is C13H11N3O. The van der Waals surface area contributed by atoms with E-state index in [2.05, 4.69) is 27.4 Å². The van der Waals surface area contributed by atoms with Gasteiger partial charge in [-0.1, -0.05) is 5.92 Å². The summed E-state index contributed by atoms with van der Waals surface area (Å²) in [5.74, 6) is 6.78. The molecule has 0 unspecified atom stereocenters. The van der Waals surface area contributed by atoms with Crippen LogP contribution in [0.4, 0.5) is 5.82 Å². The molecule has 0 aliphatic heterocycles. The van der Waals surface area contributed by atoms with Gasteiger partial charge in [-0.3, -0.25) is 0 Å². The lowest BCUT2D eigenvalue weighted by Gasteiger charge is -1.95. The third kappa shape index (κ3) is 2.95. The largest absolute Gasteiger partial charge is 0.508 e. The van der Waals surface area contributed by atoms with Crippen LogP contribution in [-0.4, -0.2) is 22.4 Å². The number of hydrogen-bond acceptors (Lipinski definition) is 4. The second kappa shape index (κ2) is 4.99. The van der Waals surface area contributed by atoms with Crippen molar-refractivity contribution < 1.29 is 5.11 Å². The minimum atomic E-state index is 0.230. The topological polar surface area (TPSA) is 58.0 Å². The van der Waals surface area contributed by atoms with Crippen molar-refractivity contribution in [2.24, 2.45) is 0 Å². The first-order chi connectivity index (χ1) is 8.28. The van der Waals surface area contributed by atoms with Gasteiger partial charge in [-0.05, 0) is 42.3 Å². The molecule has 0 saturated heterocycles. The van der Waals surface area contributed by atoms with Gasteiger partial charge in [0.2, 0.25) is 0 Å². The zero-order valence-electron chi connectivity index (χ0n) is 9.31. The molecular weight excluding hydrogens is 214 g/mol. The highest BCUT2D eigenvalue weighted by molar-refractivity contribution is 5.43. The van der Waals surface area contributed by atoms with Crippen LogP contribution < -0.4 is 5.32 Å². The summed E-state index contributed by atoms with van der Waals surface area (Å²) >= 11 is 0. The molecule has 0 fully saturated rings. The molecule has 0 spiro atoms. The molecule has 0 aliphatic rings. The lowest BCUT2D eigenvalue weighted by Crippen LogP contribution is -1.95. The Kier molecular flexibility index (Phi) is 3.22. The van der Waals surface area contributed by atoms with Crippen molar-refractivity contribution in [1.82, 2.24) is 10.2 Å². The van der Waals surface area contributed by atoms with Gasteiger partial charge in [0, 0.05) is 12.6 Å². The van der Waals surface area contributed by atoms with Crippen LogP contribution in [-0.2, 0) is 0 Å². The molecule has 4 nitrogen and oxygen atoms in total. The number of phenolic OH excluding ortho intramolecular Hbond substituents is 1. The zero-order chi connectivity index (χ0) is 12.1. The summed E-state index contributed by atoms with van der Waals surface area (Å²) in [5, 5.41) is 19.9. The molecule has 0 saturated carbocycles. The van der Waals surface area contributed by atoms with Gasteiger partial charge in [0.1, 0.15) is 17.3 Å². The number of hydrogen-bond donors (Lipinski definition) is 2. The number of aromatic hydroxyl groups is 1. The van der Waals surface area contributed by atoms with E-state index in [0.717, 1.165) is 5.56 Å². The molecule has 4 heteroatoms. The summed E-state index contributed by atoms with van der Waals surface area (Å²) < 4.78 is 0. The van der Waals surface area contributed by atoms with Gasteiger partial charge in [0.25, 0.3) is 0 Å². The maximum absolute atomic E-state index is 9.12. The van der Waals surface area contributed by atoms with E-state index in [9.17, 15) is 0 Å². The third-order valence-electron chi connectivity index (χ3n) is 2.12. The number of nitrogens with one attached hydrogen (secondary N) is 1. The Bertz CT molecular complexity index is 550. The van der Waals surface area contributed by atoms with E-state index < -0.39 is 0 Å². The van der Waals surface area contributed by atoms with Gasteiger partial charge in [0.15, 0.2) is 0 Å². The second-order valence-electron chi connectivity index (χ2n) is 3.35. The van der Waals surface area contributed by atoms with Gasteiger partial charge in [-0.25, -0.2) is 0 Å². The van der Waals surface area contributed by atoms with Crippen LogP contribution in [0.5, 0.6) is 5.75 Å². The summed E-state index contributed by atoms with van der Waals surface area (Å²) in [6.45, 7) is 0. The summed E-state index contributed by atoms with van der Waals surface area (Å²) in [7, 11) is 1.78. The highest BCUT2D eigenvalue weighted by Crippen LogP contribution is 2.08. The number of benzene rings is 1. The molecule has 2 N–H and O–H groups in total. The van der Waals surface area contributed by atoms with E-state index in [-0.39, 0.29) is 5.75 Å². The predicted octanol–water partition coefficient (Wildman–Crippen LogP) is 1.62. The van der Waals surface area contributed by atoms with Gasteiger partial charge >= 0.3 is 0 Å². The summed E-state index contributed by atoms with van der Waals surface area (Å²) in [4.78, 5) is 0. The smallest absolute Gasteiger partial charge is 0.148 e. The maximum Gasteiger partial charge on any atom is 0.148 e. The highest BCUT2D eigenvalue weighted by Gasteiger charge is 1.92. The molecule has 2 rings (SSSR count). The maximum atomic E-state index is 9.12. The zero-order valence-corrected chi connectivity index (χ0v) is 9.31. The van der Waals surface area contributed by atoms with Gasteiger partial charge in [-0.2, -0.15) is 0 Å². The van der Waals surface area contributed by atoms with Gasteiger partial charge < -0.3 is 10.4 Å². The molecule has 1 aromatic heterocycles. The highest BCUT2D eigenvalue weighted by atomic mass is 16.3. The van der Waals surface area contributed by atoms with Crippen LogP contribution in [0.15, 0.2) is 36.4 Å². The van der Waals surface area contributed by atoms with Crippen molar-refractivity contribution in [1.29, 1.82) is 0 Å². The first-order valence-corrected chi connectivity index (χ1v) is 5.10. The molecule has 0 amide bonds. The first-order valence-electron chi connectivity index (χ1n) is 5.10. The van der Waals surface area contributed by atoms with E-state index in [0.29, 0.717) is 11.5 Å². The van der Waals surface area contributed by atoms with Crippen molar-refractivity contribution in [2.75, 3.05) is 12.4 Å². The Morgan fingerprint density at radius 2 is 1.76 bits per heavy atom. The van der Waals surface area contributed by atoms with E-state index >= 15 is 0 Å². The molecule has 1 aromatic carbocycles. The van der Waals surface area contributed by atoms with Crippen LogP contribution in [0.3, 0.4) is 0 Å². The number of aromatic nitrogens is 2. The average molecular weight is 225 g/mol. The fraction of sp³-hybridized carbons (Fsp3) is 0.0769. The normalized spacial score (nSPS) is 9.24. The number of anilines is 1. The Morgan fingerprint density at radius 1 is 1.00 bits per heavy atom. The molecule has 0 bridgehead atoms. The van der Waals surface area contributed by atoms with Crippen molar-refractivity contribution >= 4 is 5.82 Å². The van der Waals surface area contributed by atoms with E-state index in [4.69, 9.17) is 5.11 Å². The molecule has 0 atom stereocenters. The molecule has 1 heterocycles. The van der Waals surface area contributed by atoms with E-state index in [1.807, 2.05) is 6.07 Å². The molecule has 84 valence electrons. The Hall–Kier alpha value is -2.54. The average Bonchev–Trinajstić information content (AvgIpc) is 2.39. The Balaban J connectivity index is 2.17. The van der Waals surface area contributed by atoms with Crippen molar-refractivity contribution in [3.63, 3.8) is 0 Å². The molecule has 17 heavy (non-hydrogen) atoms. The number of nitrogens with zero attached hydrogens (tertiary/aromatic N) is 2. The summed E-state index contributed by atoms with van der Waals surface area (Å²) in [6.07, 6.45) is 0. The van der Waals surface area contributed by atoms with Crippen LogP contribution in [0.25, 0.3) is 0 Å². The number of rotatable bonds is 1. The van der Waals surface area contributed by atoms with Crippen LogP contribution in [0, 0.1) is 11.8 Å². The van der Waals surface area contributed by atoms with Gasteiger partial charge in [-0.15, -0.1) is 10.2 Å². The SMILES string of the molecule is CNc1ccc(C#Cc2ccc(O)cc2)nn1. The van der Waals surface area contributed by atoms with Gasteiger partial charge in [0.05, 0.1) is 0 Å². The lowest BCUT2D eigenvalue weighted by atomic mass is 10.2. The molecule has 0 aliphatic carbocycles. The second-order valence-corrected chi connectivity index (χ2v) is 3.35. The predicted molar refractivity (Wildman–Crippen MR) is 65.7 cm³/mol. The standard InChI is InChI=1S/C13H11N3O/c1-14-13-9-6-11(15-16-13)5-2-10-3-7-12(17)8-4-10/h3-4,6-9,17H,1H3,(H,14,16). The number of phenols is 1. The van der Waals surface area contributed by atoms with Crippen LogP contribution >= 0.6 is 0 Å². The van der Waals surface area contributed by atoms with E-state index in [1.54, 1.807) is 37.4 Å². The summed E-state index contributed by atoms with van der Waals surface area (Å²) in [5.41, 5.74) is 1.43. The van der Waals surface area contributed by atoms with Crippen LogP contribution in [0.1, 0.15) is 11.3 Å². The van der Waals surface area contributed by atoms with Crippen molar-refractivity contribution in [3.05, 3.63) is 47.7 Å². The van der Waals surface area contributed by atoms with Crippen molar-refractivity contribution in [3.8, 4) is 17.6 Å². The third-order valence-corrected chi connectivity index (χ3v) is 2.12. The quantitative estimate of drug-likeness (QED) is 0.724. The fourth-order valence-corrected chi connectivity index (χ4v) is 1.21. The van der Waals surface area contributed by atoms with Crippen LogP contribution in [0.2, 0.25) is 0 Å². The lowest BCUT2D eigenvalue weighted by molar-refractivity contribution is 0.475. The minimum Gasteiger partial charge on any atom is -0.508 e. The minimum absolute atomic E-state index is 0.230. The van der Waals surface area contributed by atoms with E-state index in [1.165, 1.54) is 0 Å². The van der Waals surface area contributed by atoms with Crippen molar-refractivity contribution in [2.45, 2.75) is 0 Å².